The maximum Gasteiger partial charge on any atom is 0.224 e. The average molecular weight is 442 g/mol. The van der Waals surface area contributed by atoms with Gasteiger partial charge in [0, 0.05) is 23.1 Å². The topological polar surface area (TPSA) is 118 Å². The largest absolute Gasteiger partial charge is 0.382 e. The van der Waals surface area contributed by atoms with Crippen LogP contribution in [-0.2, 0) is 0 Å². The van der Waals surface area contributed by atoms with Gasteiger partial charge in [-0.25, -0.2) is 4.98 Å². The van der Waals surface area contributed by atoms with Gasteiger partial charge in [-0.05, 0) is 25.0 Å². The molecular weight excluding hydrogens is 422 g/mol. The lowest BCUT2D eigenvalue weighted by Crippen LogP contribution is -2.26. The molecule has 1 aliphatic rings. The molecule has 1 aliphatic heterocycles. The molecule has 4 aromatic rings. The van der Waals surface area contributed by atoms with Crippen LogP contribution in [0.4, 0.5) is 17.6 Å². The Bertz CT molecular complexity index is 1360. The molecule has 0 aliphatic carbocycles. The van der Waals surface area contributed by atoms with E-state index >= 15 is 0 Å². The van der Waals surface area contributed by atoms with Crippen LogP contribution in [0, 0.1) is 11.3 Å². The molecule has 0 radical (unpaired) electrons. The summed E-state index contributed by atoms with van der Waals surface area (Å²) in [4.78, 5) is 15.4. The van der Waals surface area contributed by atoms with Gasteiger partial charge >= 0.3 is 0 Å². The molecule has 0 saturated carbocycles. The van der Waals surface area contributed by atoms with Gasteiger partial charge in [0.2, 0.25) is 5.95 Å². The fourth-order valence-electron chi connectivity index (χ4n) is 4.40. The molecule has 0 spiro atoms. The van der Waals surface area contributed by atoms with Crippen molar-refractivity contribution in [2.45, 2.75) is 18.9 Å². The van der Waals surface area contributed by atoms with Crippen molar-refractivity contribution in [1.82, 2.24) is 15.0 Å². The van der Waals surface area contributed by atoms with Gasteiger partial charge in [-0.3, -0.25) is 0 Å². The van der Waals surface area contributed by atoms with E-state index in [-0.39, 0.29) is 23.4 Å². The van der Waals surface area contributed by atoms with Crippen LogP contribution in [-0.4, -0.2) is 21.5 Å². The van der Waals surface area contributed by atoms with Crippen molar-refractivity contribution in [2.24, 2.45) is 0 Å². The van der Waals surface area contributed by atoms with E-state index in [1.807, 2.05) is 48.5 Å². The van der Waals surface area contributed by atoms with Crippen LogP contribution in [0.5, 0.6) is 0 Å². The Morgan fingerprint density at radius 3 is 2.62 bits per heavy atom. The van der Waals surface area contributed by atoms with E-state index < -0.39 is 0 Å². The molecule has 0 unspecified atom stereocenters. The number of pyridine rings is 1. The number of hydrogen-bond acceptors (Lipinski definition) is 7. The van der Waals surface area contributed by atoms with E-state index in [0.717, 1.165) is 47.1 Å². The first-order valence-electron chi connectivity index (χ1n) is 10.3. The first-order chi connectivity index (χ1) is 15.6. The number of hydrogen-bond donors (Lipinski definition) is 2. The van der Waals surface area contributed by atoms with E-state index in [9.17, 15) is 5.26 Å². The number of nitrogens with two attached hydrogens (primary N) is 2. The molecule has 32 heavy (non-hydrogen) atoms. The lowest BCUT2D eigenvalue weighted by atomic mass is 9.96. The predicted molar refractivity (Wildman–Crippen MR) is 127 cm³/mol. The number of fused-ring (bicyclic) bond motifs is 1. The van der Waals surface area contributed by atoms with Gasteiger partial charge in [-0.1, -0.05) is 54.1 Å². The molecule has 8 heteroatoms. The molecule has 7 nitrogen and oxygen atoms in total. The highest BCUT2D eigenvalue weighted by atomic mass is 35.5. The number of rotatable bonds is 3. The van der Waals surface area contributed by atoms with Crippen molar-refractivity contribution in [3.8, 4) is 17.3 Å². The Labute approximate surface area is 190 Å². The molecular formula is C24H20ClN7. The van der Waals surface area contributed by atoms with Crippen molar-refractivity contribution >= 4 is 40.1 Å². The number of anilines is 3. The third-order valence-corrected chi connectivity index (χ3v) is 6.11. The summed E-state index contributed by atoms with van der Waals surface area (Å²) in [6.07, 6.45) is 1.81. The summed E-state index contributed by atoms with van der Waals surface area (Å²) in [6, 6.07) is 20.0. The molecule has 1 saturated heterocycles. The molecule has 1 atom stereocenters. The molecule has 2 aromatic carbocycles. The highest BCUT2D eigenvalue weighted by Crippen LogP contribution is 2.42. The summed E-state index contributed by atoms with van der Waals surface area (Å²) in [5.74, 6) is 0.603. The second-order valence-corrected chi connectivity index (χ2v) is 8.14. The van der Waals surface area contributed by atoms with Crippen molar-refractivity contribution < 1.29 is 0 Å². The highest BCUT2D eigenvalue weighted by Gasteiger charge is 2.32. The summed E-state index contributed by atoms with van der Waals surface area (Å²) in [6.45, 7) is 0.719. The number of nitrogens with zero attached hydrogens (tertiary/aromatic N) is 5. The first kappa shape index (κ1) is 20.0. The van der Waals surface area contributed by atoms with Crippen LogP contribution in [0.3, 0.4) is 0 Å². The van der Waals surface area contributed by atoms with E-state index in [0.29, 0.717) is 10.8 Å². The van der Waals surface area contributed by atoms with Crippen LogP contribution in [0.25, 0.3) is 22.2 Å². The number of nitriles is 1. The molecule has 0 bridgehead atoms. The maximum absolute atomic E-state index is 9.71. The zero-order chi connectivity index (χ0) is 22.2. The summed E-state index contributed by atoms with van der Waals surface area (Å²) < 4.78 is 0. The second kappa shape index (κ2) is 7.98. The Hall–Kier alpha value is -3.89. The second-order valence-electron chi connectivity index (χ2n) is 7.73. The van der Waals surface area contributed by atoms with Crippen LogP contribution < -0.4 is 16.4 Å². The smallest absolute Gasteiger partial charge is 0.224 e. The number of para-hydroxylation sites is 1. The highest BCUT2D eigenvalue weighted by molar-refractivity contribution is 6.35. The number of aromatic nitrogens is 3. The molecule has 5 rings (SSSR count). The first-order valence-corrected chi connectivity index (χ1v) is 10.7. The van der Waals surface area contributed by atoms with Crippen molar-refractivity contribution in [2.75, 3.05) is 22.9 Å². The van der Waals surface area contributed by atoms with Crippen molar-refractivity contribution in [3.63, 3.8) is 0 Å². The SMILES string of the molecule is N#Cc1c(N)nc(N)nc1N1CCC[C@H]1c1cc2cccc(Cl)c2nc1-c1ccccc1. The average Bonchev–Trinajstić information content (AvgIpc) is 3.28. The van der Waals surface area contributed by atoms with Gasteiger partial charge in [-0.15, -0.1) is 0 Å². The third-order valence-electron chi connectivity index (χ3n) is 5.80. The lowest BCUT2D eigenvalue weighted by molar-refractivity contribution is 0.710. The van der Waals surface area contributed by atoms with Gasteiger partial charge in [0.15, 0.2) is 5.82 Å². The number of benzene rings is 2. The Kier molecular flexibility index (Phi) is 5.00. The molecule has 1 fully saturated rings. The minimum atomic E-state index is -0.0538. The minimum Gasteiger partial charge on any atom is -0.382 e. The zero-order valence-electron chi connectivity index (χ0n) is 17.2. The lowest BCUT2D eigenvalue weighted by Gasteiger charge is -2.28. The molecule has 2 aromatic heterocycles. The van der Waals surface area contributed by atoms with E-state index in [4.69, 9.17) is 28.1 Å². The normalized spacial score (nSPS) is 15.8. The van der Waals surface area contributed by atoms with Crippen molar-refractivity contribution in [3.05, 3.63) is 70.7 Å². The molecule has 158 valence electrons. The molecule has 3 heterocycles. The fourth-order valence-corrected chi connectivity index (χ4v) is 4.63. The Balaban J connectivity index is 1.73. The zero-order valence-corrected chi connectivity index (χ0v) is 17.9. The van der Waals surface area contributed by atoms with Gasteiger partial charge < -0.3 is 16.4 Å². The number of nitrogen functional groups attached to an aromatic ring is 2. The van der Waals surface area contributed by atoms with E-state index in [1.165, 1.54) is 0 Å². The monoisotopic (exact) mass is 441 g/mol. The van der Waals surface area contributed by atoms with Crippen LogP contribution in [0.15, 0.2) is 54.6 Å². The Morgan fingerprint density at radius 2 is 1.84 bits per heavy atom. The Morgan fingerprint density at radius 1 is 1.03 bits per heavy atom. The molecule has 4 N–H and O–H groups in total. The summed E-state index contributed by atoms with van der Waals surface area (Å²) in [7, 11) is 0. The van der Waals surface area contributed by atoms with Crippen molar-refractivity contribution in [1.29, 1.82) is 5.26 Å². The quantitative estimate of drug-likeness (QED) is 0.472. The summed E-state index contributed by atoms with van der Waals surface area (Å²) >= 11 is 6.47. The standard InChI is InChI=1S/C24H20ClN7/c25-18-9-4-8-15-12-16(20(29-21(15)18)14-6-2-1-3-7-14)19-10-5-11-32(19)23-17(13-26)22(27)30-24(28)31-23/h1-4,6-9,12,19H,5,10-11H2,(H4,27,28,30,31)/t19-/m0/s1. The summed E-state index contributed by atoms with van der Waals surface area (Å²) in [5.41, 5.74) is 15.8. The fraction of sp³-hybridized carbons (Fsp3) is 0.167. The van der Waals surface area contributed by atoms with Crippen LogP contribution in [0.1, 0.15) is 30.0 Å². The minimum absolute atomic E-state index is 0.0499. The van der Waals surface area contributed by atoms with Gasteiger partial charge in [-0.2, -0.15) is 15.2 Å². The maximum atomic E-state index is 9.71. The third kappa shape index (κ3) is 3.35. The molecule has 0 amide bonds. The number of halogens is 1. The van der Waals surface area contributed by atoms with Gasteiger partial charge in [0.05, 0.1) is 22.3 Å². The van der Waals surface area contributed by atoms with Crippen LogP contribution in [0.2, 0.25) is 5.02 Å². The predicted octanol–water partition coefficient (Wildman–Crippen LogP) is 4.72. The van der Waals surface area contributed by atoms with Gasteiger partial charge in [0.1, 0.15) is 17.5 Å². The van der Waals surface area contributed by atoms with E-state index in [1.54, 1.807) is 0 Å². The summed E-state index contributed by atoms with van der Waals surface area (Å²) in [5, 5.41) is 11.3. The van der Waals surface area contributed by atoms with Gasteiger partial charge in [0.25, 0.3) is 0 Å². The van der Waals surface area contributed by atoms with E-state index in [2.05, 4.69) is 27.0 Å². The van der Waals surface area contributed by atoms with Crippen LogP contribution >= 0.6 is 11.6 Å².